The summed E-state index contributed by atoms with van der Waals surface area (Å²) in [5.74, 6) is -0.274. The van der Waals surface area contributed by atoms with Gasteiger partial charge < -0.3 is 5.11 Å². The summed E-state index contributed by atoms with van der Waals surface area (Å²) >= 11 is 0. The van der Waals surface area contributed by atoms with Crippen LogP contribution in [0, 0.1) is 5.82 Å². The number of nitrogens with zero attached hydrogens (tertiary/aromatic N) is 2. The van der Waals surface area contributed by atoms with E-state index in [2.05, 4.69) is 5.10 Å². The Morgan fingerprint density at radius 2 is 2.06 bits per heavy atom. The molecular formula is C14H17FN2O. The molecule has 0 saturated carbocycles. The van der Waals surface area contributed by atoms with E-state index in [-0.39, 0.29) is 12.2 Å². The standard InChI is InChI=1S/C14H17FN2O/c1-14(18,7-11-9-16-17(2)10-11)8-12-5-3-4-6-13(12)15/h3-6,9-10,18H,7-8H2,1-2H3. The highest BCUT2D eigenvalue weighted by atomic mass is 19.1. The minimum absolute atomic E-state index is 0.274. The number of aryl methyl sites for hydroxylation is 1. The molecule has 4 heteroatoms. The van der Waals surface area contributed by atoms with E-state index in [0.29, 0.717) is 12.0 Å². The Balaban J connectivity index is 2.10. The Kier molecular flexibility index (Phi) is 3.48. The molecule has 96 valence electrons. The van der Waals surface area contributed by atoms with E-state index in [1.807, 2.05) is 13.2 Å². The van der Waals surface area contributed by atoms with E-state index in [0.717, 1.165) is 5.56 Å². The molecule has 0 fully saturated rings. The third-order valence-corrected chi connectivity index (χ3v) is 2.87. The van der Waals surface area contributed by atoms with Crippen LogP contribution in [-0.2, 0) is 19.9 Å². The Labute approximate surface area is 106 Å². The number of hydrogen-bond acceptors (Lipinski definition) is 2. The number of rotatable bonds is 4. The zero-order valence-corrected chi connectivity index (χ0v) is 10.6. The van der Waals surface area contributed by atoms with Gasteiger partial charge in [-0.2, -0.15) is 5.10 Å². The Hall–Kier alpha value is -1.68. The van der Waals surface area contributed by atoms with E-state index >= 15 is 0 Å². The first-order valence-corrected chi connectivity index (χ1v) is 5.90. The number of aliphatic hydroxyl groups is 1. The van der Waals surface area contributed by atoms with Crippen molar-refractivity contribution in [2.75, 3.05) is 0 Å². The minimum atomic E-state index is -0.981. The molecule has 1 atom stereocenters. The van der Waals surface area contributed by atoms with Crippen LogP contribution in [0.2, 0.25) is 0 Å². The highest BCUT2D eigenvalue weighted by Gasteiger charge is 2.23. The zero-order valence-electron chi connectivity index (χ0n) is 10.6. The number of aromatic nitrogens is 2. The van der Waals surface area contributed by atoms with Gasteiger partial charge in [0.1, 0.15) is 5.82 Å². The number of benzene rings is 1. The summed E-state index contributed by atoms with van der Waals surface area (Å²) < 4.78 is 15.2. The van der Waals surface area contributed by atoms with Crippen LogP contribution in [0.25, 0.3) is 0 Å². The highest BCUT2D eigenvalue weighted by molar-refractivity contribution is 5.20. The van der Waals surface area contributed by atoms with Gasteiger partial charge in [-0.25, -0.2) is 4.39 Å². The van der Waals surface area contributed by atoms with Crippen molar-refractivity contribution in [3.8, 4) is 0 Å². The van der Waals surface area contributed by atoms with Crippen LogP contribution in [0.4, 0.5) is 4.39 Å². The van der Waals surface area contributed by atoms with Crippen LogP contribution < -0.4 is 0 Å². The van der Waals surface area contributed by atoms with Gasteiger partial charge in [-0.3, -0.25) is 4.68 Å². The average Bonchev–Trinajstić information content (AvgIpc) is 2.66. The fraction of sp³-hybridized carbons (Fsp3) is 0.357. The molecule has 0 aliphatic carbocycles. The molecule has 0 saturated heterocycles. The van der Waals surface area contributed by atoms with Gasteiger partial charge in [-0.1, -0.05) is 18.2 Å². The molecule has 0 spiro atoms. The van der Waals surface area contributed by atoms with Gasteiger partial charge in [0.05, 0.1) is 11.8 Å². The van der Waals surface area contributed by atoms with Crippen LogP contribution in [0.3, 0.4) is 0 Å². The summed E-state index contributed by atoms with van der Waals surface area (Å²) in [7, 11) is 1.83. The Morgan fingerprint density at radius 1 is 1.33 bits per heavy atom. The van der Waals surface area contributed by atoms with Crippen molar-refractivity contribution in [3.63, 3.8) is 0 Å². The van der Waals surface area contributed by atoms with Crippen LogP contribution >= 0.6 is 0 Å². The van der Waals surface area contributed by atoms with E-state index in [4.69, 9.17) is 0 Å². The lowest BCUT2D eigenvalue weighted by atomic mass is 9.91. The predicted molar refractivity (Wildman–Crippen MR) is 67.6 cm³/mol. The first-order chi connectivity index (χ1) is 8.46. The van der Waals surface area contributed by atoms with E-state index in [9.17, 15) is 9.50 Å². The molecule has 0 aliphatic heterocycles. The maximum Gasteiger partial charge on any atom is 0.126 e. The van der Waals surface area contributed by atoms with Gasteiger partial charge in [0, 0.05) is 26.1 Å². The zero-order chi connectivity index (χ0) is 13.2. The van der Waals surface area contributed by atoms with Crippen molar-refractivity contribution < 1.29 is 9.50 Å². The maximum atomic E-state index is 13.5. The summed E-state index contributed by atoms with van der Waals surface area (Å²) in [4.78, 5) is 0. The van der Waals surface area contributed by atoms with E-state index < -0.39 is 5.60 Å². The molecule has 1 unspecified atom stereocenters. The summed E-state index contributed by atoms with van der Waals surface area (Å²) in [5.41, 5.74) is 0.496. The summed E-state index contributed by atoms with van der Waals surface area (Å²) in [6.45, 7) is 1.71. The first-order valence-electron chi connectivity index (χ1n) is 5.90. The van der Waals surface area contributed by atoms with Crippen LogP contribution in [-0.4, -0.2) is 20.5 Å². The third-order valence-electron chi connectivity index (χ3n) is 2.87. The normalized spacial score (nSPS) is 14.4. The lowest BCUT2D eigenvalue weighted by Crippen LogP contribution is -2.30. The average molecular weight is 248 g/mol. The first kappa shape index (κ1) is 12.8. The molecule has 0 radical (unpaired) electrons. The van der Waals surface area contributed by atoms with Crippen molar-refractivity contribution in [2.45, 2.75) is 25.4 Å². The fourth-order valence-electron chi connectivity index (χ4n) is 2.12. The van der Waals surface area contributed by atoms with Crippen molar-refractivity contribution in [1.29, 1.82) is 0 Å². The largest absolute Gasteiger partial charge is 0.389 e. The lowest BCUT2D eigenvalue weighted by Gasteiger charge is -2.23. The minimum Gasteiger partial charge on any atom is -0.389 e. The van der Waals surface area contributed by atoms with Crippen molar-refractivity contribution in [3.05, 3.63) is 53.6 Å². The van der Waals surface area contributed by atoms with Crippen LogP contribution in [0.5, 0.6) is 0 Å². The van der Waals surface area contributed by atoms with Crippen molar-refractivity contribution in [2.24, 2.45) is 7.05 Å². The molecule has 2 aromatic rings. The predicted octanol–water partition coefficient (Wildman–Crippen LogP) is 2.10. The molecular weight excluding hydrogens is 231 g/mol. The summed E-state index contributed by atoms with van der Waals surface area (Å²) in [6, 6.07) is 6.54. The monoisotopic (exact) mass is 248 g/mol. The summed E-state index contributed by atoms with van der Waals surface area (Å²) in [6.07, 6.45) is 4.31. The van der Waals surface area contributed by atoms with E-state index in [1.165, 1.54) is 6.07 Å². The third kappa shape index (κ3) is 3.17. The maximum absolute atomic E-state index is 13.5. The fourth-order valence-corrected chi connectivity index (χ4v) is 2.12. The van der Waals surface area contributed by atoms with Crippen LogP contribution in [0.1, 0.15) is 18.1 Å². The van der Waals surface area contributed by atoms with Crippen molar-refractivity contribution >= 4 is 0 Å². The van der Waals surface area contributed by atoms with Crippen molar-refractivity contribution in [1.82, 2.24) is 9.78 Å². The second-order valence-corrected chi connectivity index (χ2v) is 4.96. The molecule has 0 aliphatic rings. The van der Waals surface area contributed by atoms with E-state index in [1.54, 1.807) is 36.0 Å². The van der Waals surface area contributed by atoms with Crippen LogP contribution in [0.15, 0.2) is 36.7 Å². The molecule has 3 nitrogen and oxygen atoms in total. The quantitative estimate of drug-likeness (QED) is 0.899. The molecule has 0 amide bonds. The molecule has 18 heavy (non-hydrogen) atoms. The molecule has 1 aromatic heterocycles. The summed E-state index contributed by atoms with van der Waals surface area (Å²) in [5, 5.41) is 14.4. The number of hydrogen-bond donors (Lipinski definition) is 1. The van der Waals surface area contributed by atoms with Gasteiger partial charge in [0.2, 0.25) is 0 Å². The highest BCUT2D eigenvalue weighted by Crippen LogP contribution is 2.20. The van der Waals surface area contributed by atoms with Gasteiger partial charge in [0.25, 0.3) is 0 Å². The molecule has 1 heterocycles. The number of halogens is 1. The van der Waals surface area contributed by atoms with Gasteiger partial charge in [0.15, 0.2) is 0 Å². The SMILES string of the molecule is Cn1cc(CC(C)(O)Cc2ccccc2F)cn1. The second kappa shape index (κ2) is 4.90. The van der Waals surface area contributed by atoms with Gasteiger partial charge >= 0.3 is 0 Å². The Morgan fingerprint density at radius 3 is 2.67 bits per heavy atom. The second-order valence-electron chi connectivity index (χ2n) is 4.96. The molecule has 1 N–H and O–H groups in total. The molecule has 1 aromatic carbocycles. The van der Waals surface area contributed by atoms with Gasteiger partial charge in [-0.15, -0.1) is 0 Å². The topological polar surface area (TPSA) is 38.0 Å². The van der Waals surface area contributed by atoms with Gasteiger partial charge in [-0.05, 0) is 24.1 Å². The molecule has 2 rings (SSSR count). The smallest absolute Gasteiger partial charge is 0.126 e. The Bertz CT molecular complexity index is 534. The lowest BCUT2D eigenvalue weighted by molar-refractivity contribution is 0.0599. The molecule has 0 bridgehead atoms.